The number of para-hydroxylation sites is 2. The van der Waals surface area contributed by atoms with Crippen molar-refractivity contribution in [3.8, 4) is 28.6 Å². The van der Waals surface area contributed by atoms with Crippen LogP contribution in [0.2, 0.25) is 0 Å². The van der Waals surface area contributed by atoms with E-state index in [-0.39, 0.29) is 27.6 Å². The second-order valence-corrected chi connectivity index (χ2v) is 16.0. The van der Waals surface area contributed by atoms with Gasteiger partial charge in [0.05, 0.1) is 45.6 Å². The van der Waals surface area contributed by atoms with Crippen LogP contribution in [-0.4, -0.2) is 9.13 Å². The second-order valence-electron chi connectivity index (χ2n) is 16.0. The molecule has 8 rings (SSSR count). The molecule has 0 aliphatic carbocycles. The summed E-state index contributed by atoms with van der Waals surface area (Å²) in [6.45, 7) is 20.8. The third kappa shape index (κ3) is 5.43. The van der Waals surface area contributed by atoms with Gasteiger partial charge in [-0.2, -0.15) is 18.4 Å². The highest BCUT2D eigenvalue weighted by Crippen LogP contribution is 2.46. The molecule has 54 heavy (non-hydrogen) atoms. The summed E-state index contributed by atoms with van der Waals surface area (Å²) in [6, 6.07) is 38.0. The first-order valence-corrected chi connectivity index (χ1v) is 17.9. The first-order chi connectivity index (χ1) is 25.6. The molecule has 2 aromatic heterocycles. The number of rotatable bonds is 3. The molecular formula is C47H37F3N4. The highest BCUT2D eigenvalue weighted by molar-refractivity contribution is 6.11. The van der Waals surface area contributed by atoms with E-state index in [1.54, 1.807) is 12.1 Å². The van der Waals surface area contributed by atoms with Crippen molar-refractivity contribution >= 4 is 49.3 Å². The van der Waals surface area contributed by atoms with Gasteiger partial charge in [0.1, 0.15) is 11.6 Å². The Morgan fingerprint density at radius 3 is 1.46 bits per heavy atom. The minimum Gasteiger partial charge on any atom is -0.308 e. The zero-order chi connectivity index (χ0) is 38.3. The molecule has 0 bridgehead atoms. The van der Waals surface area contributed by atoms with Gasteiger partial charge in [0.2, 0.25) is 0 Å². The maximum Gasteiger partial charge on any atom is 0.415 e. The average Bonchev–Trinajstić information content (AvgIpc) is 3.65. The van der Waals surface area contributed by atoms with Crippen LogP contribution in [0.1, 0.15) is 63.8 Å². The number of hydrogen-bond acceptors (Lipinski definition) is 1. The molecule has 2 heterocycles. The number of hydrogen-bond donors (Lipinski definition) is 0. The molecule has 0 aliphatic heterocycles. The molecule has 0 atom stereocenters. The summed E-state index contributed by atoms with van der Waals surface area (Å²) in [5.74, 6) is 0. The second kappa shape index (κ2) is 12.1. The van der Waals surface area contributed by atoms with E-state index in [4.69, 9.17) is 6.57 Å². The minimum absolute atomic E-state index is 0.124. The van der Waals surface area contributed by atoms with Gasteiger partial charge in [0.25, 0.3) is 0 Å². The van der Waals surface area contributed by atoms with E-state index in [1.807, 2.05) is 57.7 Å². The van der Waals surface area contributed by atoms with Gasteiger partial charge in [-0.05, 0) is 69.5 Å². The molecule has 6 aromatic carbocycles. The van der Waals surface area contributed by atoms with Gasteiger partial charge < -0.3 is 9.13 Å². The zero-order valence-electron chi connectivity index (χ0n) is 30.9. The number of benzene rings is 6. The summed E-state index contributed by atoms with van der Waals surface area (Å²) >= 11 is 0. The van der Waals surface area contributed by atoms with E-state index >= 15 is 0 Å². The van der Waals surface area contributed by atoms with Crippen LogP contribution >= 0.6 is 0 Å². The number of halogens is 3. The largest absolute Gasteiger partial charge is 0.415 e. The van der Waals surface area contributed by atoms with Crippen molar-refractivity contribution in [3.05, 3.63) is 149 Å². The maximum atomic E-state index is 14.9. The zero-order valence-corrected chi connectivity index (χ0v) is 30.9. The van der Waals surface area contributed by atoms with Crippen LogP contribution in [0.3, 0.4) is 0 Å². The van der Waals surface area contributed by atoms with Crippen LogP contribution in [0.15, 0.2) is 115 Å². The van der Waals surface area contributed by atoms with Gasteiger partial charge >= 0.3 is 6.18 Å². The van der Waals surface area contributed by atoms with Crippen LogP contribution in [0.25, 0.3) is 71.0 Å². The summed E-state index contributed by atoms with van der Waals surface area (Å²) < 4.78 is 48.8. The fraction of sp³-hybridized carbons (Fsp3) is 0.191. The van der Waals surface area contributed by atoms with Gasteiger partial charge in [-0.25, -0.2) is 4.85 Å². The van der Waals surface area contributed by atoms with Crippen molar-refractivity contribution in [2.45, 2.75) is 58.5 Å². The topological polar surface area (TPSA) is 38.0 Å². The Balaban J connectivity index is 1.62. The number of nitriles is 1. The third-order valence-corrected chi connectivity index (χ3v) is 10.5. The molecule has 8 aromatic rings. The monoisotopic (exact) mass is 714 g/mol. The first-order valence-electron chi connectivity index (χ1n) is 17.9. The smallest absolute Gasteiger partial charge is 0.308 e. The Hall–Kier alpha value is -6.31. The van der Waals surface area contributed by atoms with Crippen molar-refractivity contribution in [2.75, 3.05) is 0 Å². The minimum atomic E-state index is -4.74. The van der Waals surface area contributed by atoms with Gasteiger partial charge in [-0.15, -0.1) is 0 Å². The van der Waals surface area contributed by atoms with Crippen LogP contribution in [-0.2, 0) is 17.0 Å². The van der Waals surface area contributed by atoms with Crippen LogP contribution in [0, 0.1) is 17.9 Å². The summed E-state index contributed by atoms with van der Waals surface area (Å²) in [6.07, 6.45) is -4.74. The number of aromatic nitrogens is 2. The lowest BCUT2D eigenvalue weighted by Crippen LogP contribution is -2.12. The molecule has 0 aliphatic rings. The average molecular weight is 715 g/mol. The molecule has 266 valence electrons. The van der Waals surface area contributed by atoms with E-state index < -0.39 is 11.7 Å². The van der Waals surface area contributed by atoms with Gasteiger partial charge in [0.15, 0.2) is 5.69 Å². The lowest BCUT2D eigenvalue weighted by molar-refractivity contribution is -0.137. The highest BCUT2D eigenvalue weighted by atomic mass is 19.4. The molecule has 0 spiro atoms. The van der Waals surface area contributed by atoms with Crippen molar-refractivity contribution in [1.82, 2.24) is 9.13 Å². The molecule has 0 fully saturated rings. The van der Waals surface area contributed by atoms with Crippen molar-refractivity contribution < 1.29 is 13.2 Å². The van der Waals surface area contributed by atoms with E-state index in [1.165, 1.54) is 12.1 Å². The fourth-order valence-electron chi connectivity index (χ4n) is 7.79. The van der Waals surface area contributed by atoms with Gasteiger partial charge in [0, 0.05) is 21.5 Å². The Morgan fingerprint density at radius 1 is 0.574 bits per heavy atom. The normalized spacial score (nSPS) is 12.5. The summed E-state index contributed by atoms with van der Waals surface area (Å²) in [7, 11) is 0. The summed E-state index contributed by atoms with van der Waals surface area (Å²) in [4.78, 5) is 3.60. The lowest BCUT2D eigenvalue weighted by Gasteiger charge is -2.22. The quantitative estimate of drug-likeness (QED) is 0.168. The fourth-order valence-corrected chi connectivity index (χ4v) is 7.79. The SMILES string of the molecule is [C-]#[N+]c1cccc(C(F)(F)F)c1-c1cc(-n2c3ccccc3c3ccc(C(C)(C)C)cc32)c(C#N)c(-n2c3ccccc3c3ccc(C(C)(C)C)cc32)c1. The Labute approximate surface area is 312 Å². The molecule has 0 radical (unpaired) electrons. The van der Waals surface area contributed by atoms with Crippen LogP contribution < -0.4 is 0 Å². The van der Waals surface area contributed by atoms with Crippen molar-refractivity contribution in [2.24, 2.45) is 0 Å². The van der Waals surface area contributed by atoms with Crippen LogP contribution in [0.4, 0.5) is 18.9 Å². The molecule has 0 amide bonds. The molecule has 0 unspecified atom stereocenters. The number of alkyl halides is 3. The van der Waals surface area contributed by atoms with Crippen molar-refractivity contribution in [3.63, 3.8) is 0 Å². The maximum absolute atomic E-state index is 14.9. The van der Waals surface area contributed by atoms with Crippen molar-refractivity contribution in [1.29, 1.82) is 5.26 Å². The molecule has 0 N–H and O–H groups in total. The standard InChI is InChI=1S/C47H37F3N4/c1-45(2,3)29-19-21-33-31-13-8-10-17-38(31)53(42(33)25-29)40-23-28(44-36(47(48,49)50)15-12-16-37(44)52-7)24-41(35(40)27-51)54-39-18-11-9-14-32(39)34-22-20-30(26-43(34)54)46(4,5)6/h8-26H,1-6H3. The van der Waals surface area contributed by atoms with Gasteiger partial charge in [-0.1, -0.05) is 120 Å². The first kappa shape index (κ1) is 34.8. The van der Waals surface area contributed by atoms with Crippen LogP contribution in [0.5, 0.6) is 0 Å². The molecule has 0 saturated heterocycles. The van der Waals surface area contributed by atoms with E-state index in [0.29, 0.717) is 16.9 Å². The number of nitrogens with zero attached hydrogens (tertiary/aromatic N) is 4. The van der Waals surface area contributed by atoms with E-state index in [0.717, 1.165) is 60.8 Å². The third-order valence-electron chi connectivity index (χ3n) is 10.5. The molecule has 7 heteroatoms. The molecular weight excluding hydrogens is 678 g/mol. The summed E-state index contributed by atoms with van der Waals surface area (Å²) in [5.41, 5.74) is 5.09. The molecule has 0 saturated carbocycles. The molecule has 4 nitrogen and oxygen atoms in total. The Morgan fingerprint density at radius 2 is 1.04 bits per heavy atom. The lowest BCUT2D eigenvalue weighted by atomic mass is 9.86. The number of fused-ring (bicyclic) bond motifs is 6. The predicted octanol–water partition coefficient (Wildman–Crippen LogP) is 13.6. The van der Waals surface area contributed by atoms with E-state index in [2.05, 4.69) is 88.9 Å². The van der Waals surface area contributed by atoms with Gasteiger partial charge in [-0.3, -0.25) is 0 Å². The highest BCUT2D eigenvalue weighted by Gasteiger charge is 2.35. The Bertz CT molecular complexity index is 2760. The predicted molar refractivity (Wildman–Crippen MR) is 214 cm³/mol. The van der Waals surface area contributed by atoms with E-state index in [9.17, 15) is 18.4 Å². The summed E-state index contributed by atoms with van der Waals surface area (Å²) in [5, 5.41) is 15.1. The Kier molecular flexibility index (Phi) is 7.80.